The van der Waals surface area contributed by atoms with Gasteiger partial charge < -0.3 is 14.8 Å². The minimum absolute atomic E-state index is 0.259. The predicted molar refractivity (Wildman–Crippen MR) is 91.0 cm³/mol. The normalized spacial score (nSPS) is 11.4. The third-order valence-corrected chi connectivity index (χ3v) is 3.49. The number of carbonyl (C=O) groups excluding carboxylic acids is 2. The molecular formula is C19H21NO4. The lowest BCUT2D eigenvalue weighted by atomic mass is 10.0. The number of carbonyl (C=O) groups is 2. The number of hydrogen-bond acceptors (Lipinski definition) is 4. The van der Waals surface area contributed by atoms with Gasteiger partial charge in [0.2, 0.25) is 0 Å². The van der Waals surface area contributed by atoms with Crippen LogP contribution in [-0.4, -0.2) is 31.6 Å². The maximum absolute atomic E-state index is 12.3. The van der Waals surface area contributed by atoms with Crippen molar-refractivity contribution >= 4 is 11.9 Å². The first-order chi connectivity index (χ1) is 11.6. The summed E-state index contributed by atoms with van der Waals surface area (Å²) in [4.78, 5) is 24.5. The molecule has 0 aliphatic heterocycles. The van der Waals surface area contributed by atoms with Crippen molar-refractivity contribution in [3.63, 3.8) is 0 Å². The minimum Gasteiger partial charge on any atom is -0.497 e. The molecule has 1 atom stereocenters. The highest BCUT2D eigenvalue weighted by atomic mass is 16.5. The van der Waals surface area contributed by atoms with Crippen LogP contribution in [0.3, 0.4) is 0 Å². The fourth-order valence-electron chi connectivity index (χ4n) is 2.30. The Bertz CT molecular complexity index is 685. The highest BCUT2D eigenvalue weighted by Gasteiger charge is 2.23. The molecule has 2 rings (SSSR count). The zero-order valence-electron chi connectivity index (χ0n) is 13.8. The molecule has 0 aliphatic carbocycles. The van der Waals surface area contributed by atoms with Gasteiger partial charge in [0.05, 0.1) is 13.7 Å². The number of benzene rings is 2. The monoisotopic (exact) mass is 327 g/mol. The van der Waals surface area contributed by atoms with Gasteiger partial charge in [-0.05, 0) is 36.8 Å². The number of ether oxygens (including phenoxy) is 2. The number of amides is 1. The van der Waals surface area contributed by atoms with E-state index in [0.29, 0.717) is 17.7 Å². The van der Waals surface area contributed by atoms with Gasteiger partial charge >= 0.3 is 5.97 Å². The van der Waals surface area contributed by atoms with Crippen molar-refractivity contribution in [1.82, 2.24) is 5.32 Å². The first-order valence-electron chi connectivity index (χ1n) is 7.79. The van der Waals surface area contributed by atoms with Gasteiger partial charge in [0.1, 0.15) is 11.8 Å². The highest BCUT2D eigenvalue weighted by molar-refractivity contribution is 5.96. The standard InChI is InChI=1S/C19H21NO4/c1-3-24-19(22)17(13-14-8-7-11-16(12-14)23-2)20-18(21)15-9-5-4-6-10-15/h4-12,17H,3,13H2,1-2H3,(H,20,21). The number of methoxy groups -OCH3 is 1. The summed E-state index contributed by atoms with van der Waals surface area (Å²) in [6, 6.07) is 15.4. The summed E-state index contributed by atoms with van der Waals surface area (Å²) in [5.74, 6) is -0.0642. The van der Waals surface area contributed by atoms with Gasteiger partial charge in [0.25, 0.3) is 5.91 Å². The van der Waals surface area contributed by atoms with Crippen LogP contribution in [0.2, 0.25) is 0 Å². The van der Waals surface area contributed by atoms with E-state index in [-0.39, 0.29) is 12.5 Å². The lowest BCUT2D eigenvalue weighted by Crippen LogP contribution is -2.43. The highest BCUT2D eigenvalue weighted by Crippen LogP contribution is 2.15. The first kappa shape index (κ1) is 17.5. The molecule has 2 aromatic carbocycles. The molecule has 5 nitrogen and oxygen atoms in total. The van der Waals surface area contributed by atoms with Gasteiger partial charge in [-0.15, -0.1) is 0 Å². The minimum atomic E-state index is -0.759. The quantitative estimate of drug-likeness (QED) is 0.794. The average molecular weight is 327 g/mol. The van der Waals surface area contributed by atoms with Gasteiger partial charge in [0.15, 0.2) is 0 Å². The Balaban J connectivity index is 2.15. The smallest absolute Gasteiger partial charge is 0.328 e. The summed E-state index contributed by atoms with van der Waals surface area (Å²) >= 11 is 0. The van der Waals surface area contributed by atoms with Crippen LogP contribution in [0.25, 0.3) is 0 Å². The third kappa shape index (κ3) is 4.84. The summed E-state index contributed by atoms with van der Waals surface area (Å²) in [5, 5.41) is 2.75. The molecule has 5 heteroatoms. The Morgan fingerprint density at radius 1 is 1.08 bits per heavy atom. The molecule has 0 heterocycles. The van der Waals surface area contributed by atoms with Gasteiger partial charge in [-0.2, -0.15) is 0 Å². The van der Waals surface area contributed by atoms with E-state index in [9.17, 15) is 9.59 Å². The fourth-order valence-corrected chi connectivity index (χ4v) is 2.30. The van der Waals surface area contributed by atoms with Crippen LogP contribution in [0.5, 0.6) is 5.75 Å². The molecule has 0 radical (unpaired) electrons. The number of rotatable bonds is 7. The summed E-state index contributed by atoms with van der Waals surface area (Å²) < 4.78 is 10.3. The van der Waals surface area contributed by atoms with Crippen LogP contribution in [0.4, 0.5) is 0 Å². The topological polar surface area (TPSA) is 64.6 Å². The second-order valence-electron chi connectivity index (χ2n) is 5.20. The van der Waals surface area contributed by atoms with Crippen molar-refractivity contribution < 1.29 is 19.1 Å². The van der Waals surface area contributed by atoms with Crippen molar-refractivity contribution in [2.24, 2.45) is 0 Å². The zero-order valence-corrected chi connectivity index (χ0v) is 13.8. The molecule has 0 saturated heterocycles. The van der Waals surface area contributed by atoms with Crippen LogP contribution in [0, 0.1) is 0 Å². The second kappa shape index (κ2) is 8.72. The van der Waals surface area contributed by atoms with E-state index in [1.54, 1.807) is 38.3 Å². The van der Waals surface area contributed by atoms with E-state index in [2.05, 4.69) is 5.32 Å². The molecule has 2 aromatic rings. The van der Waals surface area contributed by atoms with Crippen LogP contribution in [-0.2, 0) is 16.0 Å². The lowest BCUT2D eigenvalue weighted by molar-refractivity contribution is -0.145. The lowest BCUT2D eigenvalue weighted by Gasteiger charge is -2.18. The van der Waals surface area contributed by atoms with Crippen molar-refractivity contribution in [3.05, 3.63) is 65.7 Å². The Morgan fingerprint density at radius 3 is 2.50 bits per heavy atom. The molecular weight excluding hydrogens is 306 g/mol. The largest absolute Gasteiger partial charge is 0.497 e. The number of esters is 1. The van der Waals surface area contributed by atoms with Crippen LogP contribution >= 0.6 is 0 Å². The van der Waals surface area contributed by atoms with E-state index in [4.69, 9.17) is 9.47 Å². The van der Waals surface area contributed by atoms with Crippen LogP contribution in [0.1, 0.15) is 22.8 Å². The average Bonchev–Trinajstić information content (AvgIpc) is 2.62. The summed E-state index contributed by atoms with van der Waals surface area (Å²) in [5.41, 5.74) is 1.37. The maximum atomic E-state index is 12.3. The zero-order chi connectivity index (χ0) is 17.4. The Hall–Kier alpha value is -2.82. The van der Waals surface area contributed by atoms with Gasteiger partial charge in [-0.3, -0.25) is 4.79 Å². The first-order valence-corrected chi connectivity index (χ1v) is 7.79. The van der Waals surface area contributed by atoms with Gasteiger partial charge in [-0.1, -0.05) is 30.3 Å². The molecule has 0 aromatic heterocycles. The van der Waals surface area contributed by atoms with Crippen molar-refractivity contribution in [1.29, 1.82) is 0 Å². The van der Waals surface area contributed by atoms with E-state index in [1.807, 2.05) is 30.3 Å². The van der Waals surface area contributed by atoms with Crippen molar-refractivity contribution in [2.45, 2.75) is 19.4 Å². The SMILES string of the molecule is CCOC(=O)C(Cc1cccc(OC)c1)NC(=O)c1ccccc1. The number of nitrogens with one attached hydrogen (secondary N) is 1. The molecule has 0 saturated carbocycles. The van der Waals surface area contributed by atoms with Crippen LogP contribution in [0.15, 0.2) is 54.6 Å². The van der Waals surface area contributed by atoms with Crippen LogP contribution < -0.4 is 10.1 Å². The summed E-state index contributed by atoms with van der Waals surface area (Å²) in [6.07, 6.45) is 0.328. The Labute approximate surface area is 141 Å². The van der Waals surface area contributed by atoms with Crippen molar-refractivity contribution in [3.8, 4) is 5.75 Å². The van der Waals surface area contributed by atoms with Gasteiger partial charge in [-0.25, -0.2) is 4.79 Å². The molecule has 1 amide bonds. The molecule has 0 bridgehead atoms. The van der Waals surface area contributed by atoms with E-state index >= 15 is 0 Å². The summed E-state index contributed by atoms with van der Waals surface area (Å²) in [6.45, 7) is 1.99. The molecule has 126 valence electrons. The summed E-state index contributed by atoms with van der Waals surface area (Å²) in [7, 11) is 1.58. The van der Waals surface area contributed by atoms with E-state index in [0.717, 1.165) is 5.56 Å². The molecule has 24 heavy (non-hydrogen) atoms. The number of hydrogen-bond donors (Lipinski definition) is 1. The van der Waals surface area contributed by atoms with E-state index < -0.39 is 12.0 Å². The third-order valence-electron chi connectivity index (χ3n) is 3.49. The Kier molecular flexibility index (Phi) is 6.37. The molecule has 0 fully saturated rings. The molecule has 1 unspecified atom stereocenters. The second-order valence-corrected chi connectivity index (χ2v) is 5.20. The van der Waals surface area contributed by atoms with Gasteiger partial charge in [0, 0.05) is 12.0 Å². The molecule has 0 aliphatic rings. The maximum Gasteiger partial charge on any atom is 0.328 e. The predicted octanol–water partition coefficient (Wildman–Crippen LogP) is 2.60. The van der Waals surface area contributed by atoms with E-state index in [1.165, 1.54) is 0 Å². The molecule has 0 spiro atoms. The Morgan fingerprint density at radius 2 is 1.83 bits per heavy atom. The van der Waals surface area contributed by atoms with Crippen molar-refractivity contribution in [2.75, 3.05) is 13.7 Å². The molecule has 1 N–H and O–H groups in total. The fraction of sp³-hybridized carbons (Fsp3) is 0.263.